The molecule has 0 unspecified atom stereocenters. The largest absolute Gasteiger partial charge is 0.386 e. The van der Waals surface area contributed by atoms with Crippen LogP contribution in [-0.4, -0.2) is 26.7 Å². The summed E-state index contributed by atoms with van der Waals surface area (Å²) in [4.78, 5) is 7.30. The summed E-state index contributed by atoms with van der Waals surface area (Å²) >= 11 is 0. The van der Waals surface area contributed by atoms with E-state index in [9.17, 15) is 9.50 Å². The van der Waals surface area contributed by atoms with Crippen LogP contribution in [0.5, 0.6) is 0 Å². The number of nitrogens with two attached hydrogens (primary N) is 2. The number of rotatable bonds is 3. The normalized spacial score (nSPS) is 16.3. The molecule has 1 aromatic heterocycles. The SMILES string of the molecule is C=C(/C=C(\C)C(C)(C)O)c1nc(N)ncc1F.NC1CCCCC1. The second kappa shape index (κ2) is 8.89. The Kier molecular flexibility index (Phi) is 7.51. The Morgan fingerprint density at radius 3 is 2.42 bits per heavy atom. The van der Waals surface area contributed by atoms with E-state index >= 15 is 0 Å². The van der Waals surface area contributed by atoms with Gasteiger partial charge in [0.15, 0.2) is 5.82 Å². The zero-order chi connectivity index (χ0) is 18.3. The predicted octanol–water partition coefficient (Wildman–Crippen LogP) is 3.21. The lowest BCUT2D eigenvalue weighted by Gasteiger charge is -2.18. The van der Waals surface area contributed by atoms with Crippen molar-refractivity contribution in [1.82, 2.24) is 9.97 Å². The Morgan fingerprint density at radius 1 is 1.38 bits per heavy atom. The van der Waals surface area contributed by atoms with Crippen molar-refractivity contribution >= 4 is 11.5 Å². The van der Waals surface area contributed by atoms with E-state index in [0.29, 0.717) is 17.2 Å². The number of allylic oxidation sites excluding steroid dienone is 2. The van der Waals surface area contributed by atoms with Crippen LogP contribution >= 0.6 is 0 Å². The minimum atomic E-state index is -0.988. The van der Waals surface area contributed by atoms with Gasteiger partial charge >= 0.3 is 0 Å². The van der Waals surface area contributed by atoms with Crippen molar-refractivity contribution in [3.05, 3.63) is 35.9 Å². The minimum Gasteiger partial charge on any atom is -0.386 e. The number of aliphatic hydroxyl groups is 1. The summed E-state index contributed by atoms with van der Waals surface area (Å²) in [6, 6.07) is 0.536. The third kappa shape index (κ3) is 6.76. The maximum absolute atomic E-state index is 13.4. The fourth-order valence-electron chi connectivity index (χ4n) is 2.25. The van der Waals surface area contributed by atoms with Crippen molar-refractivity contribution in [2.45, 2.75) is 64.5 Å². The first kappa shape index (κ1) is 20.3. The van der Waals surface area contributed by atoms with Crippen molar-refractivity contribution in [3.8, 4) is 0 Å². The summed E-state index contributed by atoms with van der Waals surface area (Å²) in [7, 11) is 0. The van der Waals surface area contributed by atoms with Gasteiger partial charge in [0.25, 0.3) is 0 Å². The number of aromatic nitrogens is 2. The highest BCUT2D eigenvalue weighted by molar-refractivity contribution is 5.71. The molecule has 0 atom stereocenters. The van der Waals surface area contributed by atoms with Gasteiger partial charge in [0.05, 0.1) is 11.8 Å². The van der Waals surface area contributed by atoms with Crippen LogP contribution in [0.3, 0.4) is 0 Å². The van der Waals surface area contributed by atoms with Crippen molar-refractivity contribution in [3.63, 3.8) is 0 Å². The van der Waals surface area contributed by atoms with Crippen molar-refractivity contribution in [1.29, 1.82) is 0 Å². The molecule has 0 aromatic carbocycles. The average Bonchev–Trinajstić information content (AvgIpc) is 2.50. The monoisotopic (exact) mass is 336 g/mol. The molecule has 1 aromatic rings. The van der Waals surface area contributed by atoms with E-state index in [-0.39, 0.29) is 11.6 Å². The summed E-state index contributed by atoms with van der Waals surface area (Å²) in [6.45, 7) is 8.71. The second-order valence-corrected chi connectivity index (χ2v) is 6.73. The number of hydrogen-bond donors (Lipinski definition) is 3. The molecule has 5 nitrogen and oxygen atoms in total. The molecule has 1 aliphatic rings. The highest BCUT2D eigenvalue weighted by Gasteiger charge is 2.16. The molecule has 0 amide bonds. The van der Waals surface area contributed by atoms with Gasteiger partial charge in [0, 0.05) is 6.04 Å². The lowest BCUT2D eigenvalue weighted by Crippen LogP contribution is -2.22. The third-order valence-corrected chi connectivity index (χ3v) is 4.07. The standard InChI is InChI=1S/C12H16FN3O.C6H13N/c1-7(5-8(2)12(3,4)17)10-9(13)6-15-11(14)16-10;7-6-4-2-1-3-5-6/h5-6,17H,1H2,2-4H3,(H2,14,15,16);6H,1-5,7H2/b8-5+;. The summed E-state index contributed by atoms with van der Waals surface area (Å²) in [6.07, 6.45) is 9.23. The molecule has 1 saturated carbocycles. The Labute approximate surface area is 143 Å². The smallest absolute Gasteiger partial charge is 0.220 e. The molecule has 1 heterocycles. The topological polar surface area (TPSA) is 98.0 Å². The number of halogens is 1. The van der Waals surface area contributed by atoms with Crippen LogP contribution < -0.4 is 11.5 Å². The Balaban J connectivity index is 0.000000341. The van der Waals surface area contributed by atoms with E-state index in [1.807, 2.05) is 0 Å². The van der Waals surface area contributed by atoms with Gasteiger partial charge in [0.1, 0.15) is 5.69 Å². The lowest BCUT2D eigenvalue weighted by atomic mass is 9.97. The van der Waals surface area contributed by atoms with Crippen molar-refractivity contribution < 1.29 is 9.50 Å². The molecule has 0 aliphatic heterocycles. The van der Waals surface area contributed by atoms with Crippen LogP contribution in [0.15, 0.2) is 24.4 Å². The molecule has 6 heteroatoms. The van der Waals surface area contributed by atoms with Crippen molar-refractivity contribution in [2.24, 2.45) is 5.73 Å². The van der Waals surface area contributed by atoms with Gasteiger partial charge in [0.2, 0.25) is 5.95 Å². The van der Waals surface area contributed by atoms with E-state index < -0.39 is 11.4 Å². The summed E-state index contributed by atoms with van der Waals surface area (Å²) in [5, 5.41) is 9.75. The first-order valence-electron chi connectivity index (χ1n) is 8.25. The van der Waals surface area contributed by atoms with E-state index in [1.54, 1.807) is 26.8 Å². The van der Waals surface area contributed by atoms with E-state index in [4.69, 9.17) is 11.5 Å². The maximum Gasteiger partial charge on any atom is 0.220 e. The number of anilines is 1. The molecule has 0 bridgehead atoms. The second-order valence-electron chi connectivity index (χ2n) is 6.73. The molecule has 24 heavy (non-hydrogen) atoms. The minimum absolute atomic E-state index is 0.0168. The first-order chi connectivity index (χ1) is 11.1. The van der Waals surface area contributed by atoms with E-state index in [0.717, 1.165) is 6.20 Å². The van der Waals surface area contributed by atoms with Crippen LogP contribution in [0, 0.1) is 5.82 Å². The molecular weight excluding hydrogens is 307 g/mol. The van der Waals surface area contributed by atoms with Gasteiger partial charge in [-0.15, -0.1) is 0 Å². The van der Waals surface area contributed by atoms with Crippen LogP contribution in [0.1, 0.15) is 58.6 Å². The summed E-state index contributed by atoms with van der Waals surface area (Å²) < 4.78 is 13.4. The van der Waals surface area contributed by atoms with Crippen LogP contribution in [0.2, 0.25) is 0 Å². The highest BCUT2D eigenvalue weighted by atomic mass is 19.1. The van der Waals surface area contributed by atoms with E-state index in [2.05, 4.69) is 16.5 Å². The number of hydrogen-bond acceptors (Lipinski definition) is 5. The molecule has 2 rings (SSSR count). The zero-order valence-corrected chi connectivity index (χ0v) is 14.8. The van der Waals surface area contributed by atoms with Gasteiger partial charge in [-0.05, 0) is 44.8 Å². The van der Waals surface area contributed by atoms with Gasteiger partial charge in [-0.25, -0.2) is 14.4 Å². The molecule has 0 spiro atoms. The lowest BCUT2D eigenvalue weighted by molar-refractivity contribution is 0.120. The fraction of sp³-hybridized carbons (Fsp3) is 0.556. The summed E-state index contributed by atoms with van der Waals surface area (Å²) in [5.74, 6) is -0.610. The molecule has 1 fully saturated rings. The maximum atomic E-state index is 13.4. The Bertz CT molecular complexity index is 587. The first-order valence-corrected chi connectivity index (χ1v) is 8.25. The van der Waals surface area contributed by atoms with Crippen LogP contribution in [0.4, 0.5) is 10.3 Å². The summed E-state index contributed by atoms with van der Waals surface area (Å²) in [5.41, 5.74) is 11.1. The van der Waals surface area contributed by atoms with Gasteiger partial charge < -0.3 is 16.6 Å². The number of nitrogen functional groups attached to an aromatic ring is 1. The molecule has 5 N–H and O–H groups in total. The van der Waals surface area contributed by atoms with E-state index in [1.165, 1.54) is 32.1 Å². The number of nitrogens with zero attached hydrogens (tertiary/aromatic N) is 2. The average molecular weight is 336 g/mol. The molecule has 0 saturated heterocycles. The molecular formula is C18H29FN4O. The molecule has 0 radical (unpaired) electrons. The molecule has 1 aliphatic carbocycles. The van der Waals surface area contributed by atoms with Gasteiger partial charge in [-0.2, -0.15) is 0 Å². The highest BCUT2D eigenvalue weighted by Crippen LogP contribution is 2.22. The fourth-order valence-corrected chi connectivity index (χ4v) is 2.25. The van der Waals surface area contributed by atoms with Gasteiger partial charge in [-0.3, -0.25) is 0 Å². The predicted molar refractivity (Wildman–Crippen MR) is 96.6 cm³/mol. The quantitative estimate of drug-likeness (QED) is 0.736. The van der Waals surface area contributed by atoms with Crippen LogP contribution in [0.25, 0.3) is 5.57 Å². The van der Waals surface area contributed by atoms with Crippen LogP contribution in [-0.2, 0) is 0 Å². The third-order valence-electron chi connectivity index (χ3n) is 4.07. The van der Waals surface area contributed by atoms with Gasteiger partial charge in [-0.1, -0.05) is 31.9 Å². The molecule has 134 valence electrons. The van der Waals surface area contributed by atoms with Crippen molar-refractivity contribution in [2.75, 3.05) is 5.73 Å². The Morgan fingerprint density at radius 2 is 1.96 bits per heavy atom. The zero-order valence-electron chi connectivity index (χ0n) is 14.8. The Hall–Kier alpha value is -1.79.